The first-order chi connectivity index (χ1) is 9.97. The first kappa shape index (κ1) is 15.5. The third-order valence-corrected chi connectivity index (χ3v) is 3.12. The van der Waals surface area contributed by atoms with Crippen LogP contribution < -0.4 is 11.3 Å². The summed E-state index contributed by atoms with van der Waals surface area (Å²) in [7, 11) is 0. The van der Waals surface area contributed by atoms with Crippen molar-refractivity contribution >= 4 is 0 Å². The number of halogens is 3. The third kappa shape index (κ3) is 3.40. The van der Waals surface area contributed by atoms with Gasteiger partial charge in [0.05, 0.1) is 23.5 Å². The van der Waals surface area contributed by atoms with Crippen LogP contribution in [0.5, 0.6) is 0 Å². The van der Waals surface area contributed by atoms with Crippen LogP contribution in [0.1, 0.15) is 36.2 Å². The molecule has 1 atom stereocenters. The molecule has 1 aromatic carbocycles. The lowest BCUT2D eigenvalue weighted by molar-refractivity contribution is -0.137. The summed E-state index contributed by atoms with van der Waals surface area (Å²) in [4.78, 5) is 0. The molecule has 0 fully saturated rings. The maximum Gasteiger partial charge on any atom is 0.416 e. The number of rotatable bonds is 5. The Balaban J connectivity index is 2.31. The van der Waals surface area contributed by atoms with Gasteiger partial charge >= 0.3 is 6.18 Å². The Morgan fingerprint density at radius 1 is 1.29 bits per heavy atom. The number of nitrogens with one attached hydrogen (secondary N) is 1. The van der Waals surface area contributed by atoms with E-state index in [1.165, 1.54) is 12.1 Å². The summed E-state index contributed by atoms with van der Waals surface area (Å²) >= 11 is 0. The van der Waals surface area contributed by atoms with Gasteiger partial charge in [-0.25, -0.2) is 10.1 Å². The number of benzene rings is 1. The predicted molar refractivity (Wildman–Crippen MR) is 70.9 cm³/mol. The van der Waals surface area contributed by atoms with Crippen LogP contribution in [0.2, 0.25) is 0 Å². The molecular weight excluding hydrogens is 283 g/mol. The number of nitrogens with zero attached hydrogens (tertiary/aromatic N) is 3. The molecule has 8 heteroatoms. The molecule has 1 heterocycles. The second-order valence-electron chi connectivity index (χ2n) is 4.60. The highest BCUT2D eigenvalue weighted by atomic mass is 19.4. The Morgan fingerprint density at radius 2 is 1.95 bits per heavy atom. The van der Waals surface area contributed by atoms with Crippen molar-refractivity contribution in [3.63, 3.8) is 0 Å². The van der Waals surface area contributed by atoms with E-state index in [1.807, 2.05) is 6.92 Å². The van der Waals surface area contributed by atoms with Gasteiger partial charge in [0.2, 0.25) is 0 Å². The number of nitrogens with two attached hydrogens (primary N) is 1. The van der Waals surface area contributed by atoms with Gasteiger partial charge < -0.3 is 0 Å². The molecule has 3 N–H and O–H groups in total. The zero-order valence-electron chi connectivity index (χ0n) is 11.4. The number of hydrogen-bond acceptors (Lipinski definition) is 4. The number of aryl methyl sites for hydroxylation is 1. The van der Waals surface area contributed by atoms with Gasteiger partial charge in [-0.2, -0.15) is 13.2 Å². The first-order valence-electron chi connectivity index (χ1n) is 6.49. The van der Waals surface area contributed by atoms with E-state index in [4.69, 9.17) is 5.84 Å². The lowest BCUT2D eigenvalue weighted by Crippen LogP contribution is -2.30. The minimum atomic E-state index is -4.35. The molecule has 0 spiro atoms. The molecule has 0 saturated heterocycles. The van der Waals surface area contributed by atoms with E-state index in [0.717, 1.165) is 18.6 Å². The van der Waals surface area contributed by atoms with E-state index in [0.29, 0.717) is 17.8 Å². The van der Waals surface area contributed by atoms with Crippen LogP contribution in [0.3, 0.4) is 0 Å². The van der Waals surface area contributed by atoms with Crippen LogP contribution in [0.25, 0.3) is 0 Å². The summed E-state index contributed by atoms with van der Waals surface area (Å²) in [5.41, 5.74) is 3.23. The molecule has 1 aromatic heterocycles. The molecule has 2 rings (SSSR count). The largest absolute Gasteiger partial charge is 0.416 e. The summed E-state index contributed by atoms with van der Waals surface area (Å²) in [5.74, 6) is 5.54. The molecule has 0 bridgehead atoms. The van der Waals surface area contributed by atoms with Crippen LogP contribution in [0.4, 0.5) is 13.2 Å². The van der Waals surface area contributed by atoms with Gasteiger partial charge in [0, 0.05) is 6.54 Å². The second kappa shape index (κ2) is 6.23. The quantitative estimate of drug-likeness (QED) is 0.656. The van der Waals surface area contributed by atoms with Gasteiger partial charge in [-0.15, -0.1) is 5.10 Å². The van der Waals surface area contributed by atoms with Crippen LogP contribution in [0, 0.1) is 0 Å². The van der Waals surface area contributed by atoms with E-state index in [1.54, 1.807) is 10.9 Å². The molecule has 2 aromatic rings. The number of hydrazine groups is 1. The minimum Gasteiger partial charge on any atom is -0.271 e. The second-order valence-corrected chi connectivity index (χ2v) is 4.60. The van der Waals surface area contributed by atoms with Crippen LogP contribution in [-0.2, 0) is 12.7 Å². The first-order valence-corrected chi connectivity index (χ1v) is 6.49. The summed E-state index contributed by atoms with van der Waals surface area (Å²) in [6.45, 7) is 2.66. The molecule has 0 aliphatic rings. The van der Waals surface area contributed by atoms with Crippen molar-refractivity contribution in [3.05, 3.63) is 47.3 Å². The summed E-state index contributed by atoms with van der Waals surface area (Å²) in [6.07, 6.45) is -1.94. The lowest BCUT2D eigenvalue weighted by atomic mass is 10.0. The van der Waals surface area contributed by atoms with Crippen LogP contribution >= 0.6 is 0 Å². The van der Waals surface area contributed by atoms with Gasteiger partial charge in [-0.05, 0) is 24.1 Å². The summed E-state index contributed by atoms with van der Waals surface area (Å²) in [6, 6.07) is 4.41. The highest BCUT2D eigenvalue weighted by molar-refractivity contribution is 5.31. The minimum absolute atomic E-state index is 0.464. The molecule has 0 aliphatic heterocycles. The Bertz CT molecular complexity index is 576. The van der Waals surface area contributed by atoms with Crippen molar-refractivity contribution in [2.45, 2.75) is 32.1 Å². The fraction of sp³-hybridized carbons (Fsp3) is 0.385. The van der Waals surface area contributed by atoms with Gasteiger partial charge in [0.1, 0.15) is 0 Å². The zero-order valence-corrected chi connectivity index (χ0v) is 11.4. The van der Waals surface area contributed by atoms with Crippen molar-refractivity contribution in [2.75, 3.05) is 0 Å². The molecule has 0 radical (unpaired) electrons. The Kier molecular flexibility index (Phi) is 4.59. The molecular formula is C13H16F3N5. The molecule has 0 amide bonds. The molecule has 1 unspecified atom stereocenters. The summed E-state index contributed by atoms with van der Waals surface area (Å²) in [5, 5.41) is 7.78. The van der Waals surface area contributed by atoms with Gasteiger partial charge in [-0.3, -0.25) is 5.84 Å². The predicted octanol–water partition coefficient (Wildman–Crippen LogP) is 2.26. The monoisotopic (exact) mass is 299 g/mol. The number of alkyl halides is 3. The highest BCUT2D eigenvalue weighted by Crippen LogP contribution is 2.30. The maximum absolute atomic E-state index is 12.6. The topological polar surface area (TPSA) is 68.8 Å². The average Bonchev–Trinajstić information content (AvgIpc) is 2.88. The zero-order chi connectivity index (χ0) is 15.5. The molecule has 21 heavy (non-hydrogen) atoms. The Labute approximate surface area is 119 Å². The summed E-state index contributed by atoms with van der Waals surface area (Å²) < 4.78 is 39.4. The molecule has 5 nitrogen and oxygen atoms in total. The van der Waals surface area contributed by atoms with E-state index in [2.05, 4.69) is 15.7 Å². The SMILES string of the molecule is CCCn1nncc1C(NN)c1ccc(C(F)(F)F)cc1. The molecule has 0 saturated carbocycles. The van der Waals surface area contributed by atoms with Gasteiger partial charge in [-0.1, -0.05) is 24.3 Å². The number of hydrogen-bond donors (Lipinski definition) is 2. The van der Waals surface area contributed by atoms with Gasteiger partial charge in [0.25, 0.3) is 0 Å². The van der Waals surface area contributed by atoms with Crippen molar-refractivity contribution < 1.29 is 13.2 Å². The van der Waals surface area contributed by atoms with Crippen LogP contribution in [-0.4, -0.2) is 15.0 Å². The van der Waals surface area contributed by atoms with Crippen molar-refractivity contribution in [1.29, 1.82) is 0 Å². The highest BCUT2D eigenvalue weighted by Gasteiger charge is 2.30. The van der Waals surface area contributed by atoms with E-state index >= 15 is 0 Å². The normalized spacial score (nSPS) is 13.4. The van der Waals surface area contributed by atoms with Crippen LogP contribution in [0.15, 0.2) is 30.5 Å². The smallest absolute Gasteiger partial charge is 0.271 e. The van der Waals surface area contributed by atoms with Crippen molar-refractivity contribution in [1.82, 2.24) is 20.4 Å². The average molecular weight is 299 g/mol. The lowest BCUT2D eigenvalue weighted by Gasteiger charge is -2.18. The fourth-order valence-electron chi connectivity index (χ4n) is 2.09. The van der Waals surface area contributed by atoms with Gasteiger partial charge in [0.15, 0.2) is 0 Å². The Morgan fingerprint density at radius 3 is 2.48 bits per heavy atom. The van der Waals surface area contributed by atoms with Crippen molar-refractivity contribution in [2.24, 2.45) is 5.84 Å². The molecule has 114 valence electrons. The fourth-order valence-corrected chi connectivity index (χ4v) is 2.09. The van der Waals surface area contributed by atoms with E-state index < -0.39 is 17.8 Å². The Hall–Kier alpha value is -1.93. The standard InChI is InChI=1S/C13H16F3N5/c1-2-7-21-11(8-18-20-21)12(19-17)9-3-5-10(6-4-9)13(14,15)16/h3-6,8,12,19H,2,7,17H2,1H3. The maximum atomic E-state index is 12.6. The molecule has 0 aliphatic carbocycles. The van der Waals surface area contributed by atoms with Crippen molar-refractivity contribution in [3.8, 4) is 0 Å². The van der Waals surface area contributed by atoms with E-state index in [9.17, 15) is 13.2 Å². The third-order valence-electron chi connectivity index (χ3n) is 3.12. The van der Waals surface area contributed by atoms with E-state index in [-0.39, 0.29) is 0 Å². The number of aromatic nitrogens is 3.